The van der Waals surface area contributed by atoms with Crippen LogP contribution in [-0.4, -0.2) is 283 Å². The first-order valence-corrected chi connectivity index (χ1v) is 27.0. The molecule has 1 fully saturated rings. The summed E-state index contributed by atoms with van der Waals surface area (Å²) in [6, 6.07) is 3.76. The molecule has 1 aromatic carbocycles. The molecule has 3 rings (SSSR count). The number of hydrogen-bond acceptors (Lipinski definition) is 24. The molecular formula is C53H75GaN10O21. The number of imidazole rings is 1. The van der Waals surface area contributed by atoms with Crippen molar-refractivity contribution >= 4 is 90.6 Å². The molecule has 9 N–H and O–H groups in total. The minimum atomic E-state index is -1.68. The van der Waals surface area contributed by atoms with Gasteiger partial charge in [-0.2, -0.15) is 0 Å². The number of aromatic amines is 1. The molecule has 6 atom stereocenters. The number of ketones is 3. The van der Waals surface area contributed by atoms with E-state index in [0.717, 1.165) is 0 Å². The van der Waals surface area contributed by atoms with Crippen molar-refractivity contribution in [2.24, 2.45) is 17.8 Å². The number of ether oxygens (including phenoxy) is 2. The Bertz CT molecular complexity index is 2460. The minimum absolute atomic E-state index is 0. The maximum absolute atomic E-state index is 13.8. The van der Waals surface area contributed by atoms with Crippen LogP contribution < -0.4 is 36.6 Å². The predicted octanol–water partition coefficient (Wildman–Crippen LogP) is -8.82. The van der Waals surface area contributed by atoms with E-state index in [4.69, 9.17) is 9.47 Å². The first-order valence-electron chi connectivity index (χ1n) is 27.0. The van der Waals surface area contributed by atoms with Crippen molar-refractivity contribution in [1.82, 2.24) is 50.8 Å². The number of aliphatic hydroxyl groups excluding tert-OH is 2. The molecule has 1 aliphatic rings. The van der Waals surface area contributed by atoms with Crippen LogP contribution in [-0.2, 0) is 79.8 Å². The van der Waals surface area contributed by atoms with Crippen LogP contribution in [0.15, 0.2) is 42.9 Å². The molecule has 0 bridgehead atoms. The normalized spacial score (nSPS) is 16.0. The number of aromatic nitrogens is 2. The summed E-state index contributed by atoms with van der Waals surface area (Å²) in [6.07, 6.45) is -0.111. The van der Waals surface area contributed by atoms with Gasteiger partial charge in [-0.15, -0.1) is 0 Å². The molecule has 1 saturated heterocycles. The molecule has 85 heavy (non-hydrogen) atoms. The van der Waals surface area contributed by atoms with E-state index in [1.807, 2.05) is 0 Å². The van der Waals surface area contributed by atoms with Gasteiger partial charge in [0.2, 0.25) is 23.6 Å². The van der Waals surface area contributed by atoms with E-state index in [9.17, 15) is 93.3 Å². The molecule has 2 aromatic rings. The summed E-state index contributed by atoms with van der Waals surface area (Å²) in [4.78, 5) is 164. The molecule has 0 aliphatic carbocycles. The number of nitrogens with one attached hydrogen (secondary N) is 5. The van der Waals surface area contributed by atoms with E-state index >= 15 is 0 Å². The summed E-state index contributed by atoms with van der Waals surface area (Å²) in [5.74, 6) is -16.4. The first kappa shape index (κ1) is 74.1. The number of nitrogens with zero attached hydrogens (tertiary/aromatic N) is 5. The van der Waals surface area contributed by atoms with Gasteiger partial charge in [0.1, 0.15) is 18.7 Å². The third-order valence-electron chi connectivity index (χ3n) is 13.3. The molecule has 0 saturated carbocycles. The molecule has 4 amide bonds. The average Bonchev–Trinajstić information content (AvgIpc) is 4.12. The maximum Gasteiger partial charge on any atom is 3.00 e. The van der Waals surface area contributed by atoms with Crippen LogP contribution in [0.3, 0.4) is 0 Å². The average molecular weight is 1260 g/mol. The van der Waals surface area contributed by atoms with Crippen LogP contribution >= 0.6 is 0 Å². The Hall–Kier alpha value is -7.01. The van der Waals surface area contributed by atoms with E-state index < -0.39 is 172 Å². The van der Waals surface area contributed by atoms with Gasteiger partial charge >= 0.3 is 31.7 Å². The number of amides is 4. The van der Waals surface area contributed by atoms with Gasteiger partial charge in [-0.05, 0) is 18.9 Å². The summed E-state index contributed by atoms with van der Waals surface area (Å²) in [5, 5.41) is 82.6. The number of aliphatic carboxylic acids is 5. The fourth-order valence-corrected chi connectivity index (χ4v) is 8.77. The van der Waals surface area contributed by atoms with Crippen LogP contribution in [0.5, 0.6) is 0 Å². The van der Waals surface area contributed by atoms with Gasteiger partial charge in [-0.1, -0.05) is 30.3 Å². The third kappa shape index (κ3) is 30.6. The summed E-state index contributed by atoms with van der Waals surface area (Å²) >= 11 is 0. The largest absolute Gasteiger partial charge is 3.00 e. The Morgan fingerprint density at radius 3 is 1.56 bits per heavy atom. The summed E-state index contributed by atoms with van der Waals surface area (Å²) < 4.78 is 10.8. The zero-order valence-electron chi connectivity index (χ0n) is 47.2. The van der Waals surface area contributed by atoms with Crippen molar-refractivity contribution in [3.05, 3.63) is 54.1 Å². The molecule has 0 spiro atoms. The Kier molecular flexibility index (Phi) is 35.2. The Labute approximate surface area is 502 Å². The molecule has 1 aliphatic heterocycles. The number of benzene rings is 1. The second kappa shape index (κ2) is 40.3. The van der Waals surface area contributed by atoms with Gasteiger partial charge in [-0.25, -0.2) is 9.78 Å². The van der Waals surface area contributed by atoms with Crippen LogP contribution in [0.1, 0.15) is 43.9 Å². The zero-order valence-corrected chi connectivity index (χ0v) is 49.6. The molecule has 0 radical (unpaired) electrons. The Balaban J connectivity index is 0.0000247. The van der Waals surface area contributed by atoms with E-state index in [1.54, 1.807) is 35.2 Å². The molecule has 32 heteroatoms. The van der Waals surface area contributed by atoms with Crippen molar-refractivity contribution in [3.8, 4) is 0 Å². The van der Waals surface area contributed by atoms with Crippen LogP contribution in [0.4, 0.5) is 0 Å². The van der Waals surface area contributed by atoms with E-state index in [1.165, 1.54) is 34.1 Å². The van der Waals surface area contributed by atoms with Gasteiger partial charge in [0.25, 0.3) is 0 Å². The number of carbonyl (C=O) groups is 12. The number of aliphatic hydroxyl groups is 2. The van der Waals surface area contributed by atoms with Crippen molar-refractivity contribution in [1.29, 1.82) is 0 Å². The van der Waals surface area contributed by atoms with Crippen molar-refractivity contribution in [2.45, 2.75) is 63.6 Å². The van der Waals surface area contributed by atoms with Gasteiger partial charge in [0.05, 0.1) is 88.1 Å². The molecular weight excluding hydrogens is 1180 g/mol. The fourth-order valence-electron chi connectivity index (χ4n) is 8.77. The summed E-state index contributed by atoms with van der Waals surface area (Å²) in [5.41, 5.74) is 0.977. The molecule has 2 heterocycles. The van der Waals surface area contributed by atoms with Crippen LogP contribution in [0, 0.1) is 17.8 Å². The molecule has 31 nitrogen and oxygen atoms in total. The Morgan fingerprint density at radius 1 is 0.600 bits per heavy atom. The summed E-state index contributed by atoms with van der Waals surface area (Å²) in [7, 11) is 0. The molecule has 466 valence electrons. The number of hydrogen-bond donors (Lipinski definition) is 9. The molecule has 0 unspecified atom stereocenters. The van der Waals surface area contributed by atoms with Crippen molar-refractivity contribution in [3.63, 3.8) is 0 Å². The fraction of sp³-hybridized carbons (Fsp3) is 0.604. The van der Waals surface area contributed by atoms with Crippen molar-refractivity contribution < 1.29 is 103 Å². The number of rotatable bonds is 39. The topological polar surface area (TPSA) is 463 Å². The Morgan fingerprint density at radius 2 is 1.08 bits per heavy atom. The van der Waals surface area contributed by atoms with Gasteiger partial charge in [0, 0.05) is 122 Å². The second-order valence-corrected chi connectivity index (χ2v) is 20.0. The third-order valence-corrected chi connectivity index (χ3v) is 13.3. The number of carbonyl (C=O) groups excluding carboxylic acids is 10. The van der Waals surface area contributed by atoms with Gasteiger partial charge < -0.3 is 85.9 Å². The van der Waals surface area contributed by atoms with Gasteiger partial charge in [0.15, 0.2) is 17.3 Å². The second-order valence-electron chi connectivity index (χ2n) is 20.0. The zero-order chi connectivity index (χ0) is 62.1. The first-order chi connectivity index (χ1) is 40.0. The standard InChI is InChI=1S/C53H78N10O21.Ga/c1-34(43(67)22-37(20-39-25-54-33-56-39)52(80)58-41(30-64)44(68)23-36(19-35-5-3-2-4-6-35)51(79)59-42(31-65)53(81)82)57-50(78)38(24-46(70)71)21-40(66)32-84-18-17-83-16-7-55-45(69)26-60-8-10-61(27-47(72)73)12-14-63(29-49(76)77)15-13-62(11-9-60)28-48(74)75;/h2-6,25,33-34,36-38,41-42,64-65H,7-24,26-32H2,1H3,(H,54,56)(H,55,69)(H,57,78)(H,58,80)(H,59,79)(H,70,71)(H,72,73)(H,74,75)(H,76,77)(H,81,82);/q;+3/p-3/t34-,36+,37+,38-,41-,42-;/m0./s1. The van der Waals surface area contributed by atoms with Crippen LogP contribution in [0.25, 0.3) is 0 Å². The van der Waals surface area contributed by atoms with Gasteiger partial charge in [-0.3, -0.25) is 58.0 Å². The van der Waals surface area contributed by atoms with E-state index in [0.29, 0.717) is 11.3 Å². The predicted molar refractivity (Wildman–Crippen MR) is 288 cm³/mol. The van der Waals surface area contributed by atoms with E-state index in [2.05, 4.69) is 31.2 Å². The SMILES string of the molecule is C[C@H](NC(=O)[C@H](CC(=O)O)CC(=O)COCCOCCNC(=O)CN1CCN(CC(=O)[O-])CCN(CC(=O)[O-])CCN(CC(=O)[O-])CC1)C(=O)C[C@@H](Cc1cnc[nH]1)C(=O)N[C@@H](CO)C(=O)C[C@@H](Cc1ccccc1)C(=O)N[C@@H](CO)C(=O)O.[Ga+3]. The number of carboxylic acids is 5. The smallest absolute Gasteiger partial charge is 0.549 e. The van der Waals surface area contributed by atoms with E-state index in [-0.39, 0.29) is 118 Å². The maximum atomic E-state index is 13.8. The number of carboxylic acid groups (broad SMARTS) is 5. The minimum Gasteiger partial charge on any atom is -0.549 e. The number of H-pyrrole nitrogens is 1. The molecule has 1 aromatic heterocycles. The quantitative estimate of drug-likeness (QED) is 0.0222. The number of Topliss-reactive ketones (excluding diaryl/α,β-unsaturated/α-hetero) is 3. The summed E-state index contributed by atoms with van der Waals surface area (Å²) in [6.45, 7) is -1.59. The van der Waals surface area contributed by atoms with Crippen LogP contribution in [0.2, 0.25) is 0 Å². The monoisotopic (exact) mass is 1260 g/mol. The van der Waals surface area contributed by atoms with Crippen molar-refractivity contribution in [2.75, 3.05) is 125 Å².